The van der Waals surface area contributed by atoms with E-state index < -0.39 is 24.8 Å². The van der Waals surface area contributed by atoms with Gasteiger partial charge in [-0.3, -0.25) is 14.3 Å². The second-order valence-corrected chi connectivity index (χ2v) is 6.23. The summed E-state index contributed by atoms with van der Waals surface area (Å²) in [5.74, 6) is -1.62. The smallest absolute Gasteiger partial charge is 0.274 e. The first-order valence-electron chi connectivity index (χ1n) is 6.30. The number of nitrogens with zero attached hydrogens (tertiary/aromatic N) is 2. The molecule has 0 aliphatic rings. The number of alkyl halides is 2. The number of amides is 2. The van der Waals surface area contributed by atoms with Crippen LogP contribution >= 0.6 is 39.1 Å². The Morgan fingerprint density at radius 3 is 2.58 bits per heavy atom. The second-order valence-electron chi connectivity index (χ2n) is 4.55. The highest BCUT2D eigenvalue weighted by atomic mass is 79.9. The molecule has 2 amide bonds. The van der Waals surface area contributed by atoms with E-state index in [-0.39, 0.29) is 27.1 Å². The predicted molar refractivity (Wildman–Crippen MR) is 88.9 cm³/mol. The van der Waals surface area contributed by atoms with Gasteiger partial charge in [-0.15, -0.1) is 0 Å². The lowest BCUT2D eigenvalue weighted by Crippen LogP contribution is -2.22. The number of nitrogens with one attached hydrogen (secondary N) is 1. The third kappa shape index (κ3) is 4.22. The van der Waals surface area contributed by atoms with E-state index in [1.807, 2.05) is 0 Å². The van der Waals surface area contributed by atoms with Crippen molar-refractivity contribution < 1.29 is 18.4 Å². The third-order valence-electron chi connectivity index (χ3n) is 2.85. The van der Waals surface area contributed by atoms with Crippen molar-refractivity contribution in [1.29, 1.82) is 0 Å². The molecule has 0 saturated heterocycles. The molecule has 1 heterocycles. The number of hydrogen-bond donors (Lipinski definition) is 2. The molecule has 128 valence electrons. The van der Waals surface area contributed by atoms with Crippen molar-refractivity contribution in [1.82, 2.24) is 9.78 Å². The lowest BCUT2D eigenvalue weighted by Gasteiger charge is -2.12. The molecule has 0 unspecified atom stereocenters. The van der Waals surface area contributed by atoms with Gasteiger partial charge >= 0.3 is 0 Å². The Bertz CT molecular complexity index is 814. The quantitative estimate of drug-likeness (QED) is 0.743. The molecule has 0 spiro atoms. The number of halogens is 5. The van der Waals surface area contributed by atoms with Gasteiger partial charge in [-0.2, -0.15) is 5.10 Å². The van der Waals surface area contributed by atoms with Crippen molar-refractivity contribution in [3.63, 3.8) is 0 Å². The van der Waals surface area contributed by atoms with Crippen LogP contribution in [0.1, 0.15) is 20.8 Å². The van der Waals surface area contributed by atoms with E-state index in [1.165, 1.54) is 12.1 Å². The van der Waals surface area contributed by atoms with E-state index in [4.69, 9.17) is 28.9 Å². The summed E-state index contributed by atoms with van der Waals surface area (Å²) in [5.41, 5.74) is 5.07. The molecule has 1 aromatic heterocycles. The van der Waals surface area contributed by atoms with E-state index in [1.54, 1.807) is 0 Å². The fourth-order valence-electron chi connectivity index (χ4n) is 1.91. The molecule has 6 nitrogen and oxygen atoms in total. The zero-order chi connectivity index (χ0) is 18.0. The van der Waals surface area contributed by atoms with Crippen molar-refractivity contribution in [2.75, 3.05) is 5.32 Å². The van der Waals surface area contributed by atoms with Crippen LogP contribution in [0.4, 0.5) is 14.5 Å². The Morgan fingerprint density at radius 2 is 2.00 bits per heavy atom. The number of anilines is 1. The van der Waals surface area contributed by atoms with Crippen LogP contribution in [0.5, 0.6) is 0 Å². The maximum atomic E-state index is 12.6. The van der Waals surface area contributed by atoms with Crippen LogP contribution in [0.25, 0.3) is 0 Å². The van der Waals surface area contributed by atoms with Crippen molar-refractivity contribution in [3.05, 3.63) is 44.1 Å². The first-order valence-corrected chi connectivity index (χ1v) is 7.85. The average Bonchev–Trinajstić information content (AvgIpc) is 2.81. The Labute approximate surface area is 153 Å². The highest BCUT2D eigenvalue weighted by Crippen LogP contribution is 2.31. The summed E-state index contributed by atoms with van der Waals surface area (Å²) >= 11 is 14.7. The average molecular weight is 442 g/mol. The number of carbonyl (C=O) groups excluding carboxylic acids is 2. The van der Waals surface area contributed by atoms with Gasteiger partial charge in [0, 0.05) is 15.6 Å². The molecule has 24 heavy (non-hydrogen) atoms. The van der Waals surface area contributed by atoms with Gasteiger partial charge in [0.2, 0.25) is 0 Å². The van der Waals surface area contributed by atoms with Crippen molar-refractivity contribution in [2.45, 2.75) is 13.0 Å². The van der Waals surface area contributed by atoms with Gasteiger partial charge in [0.15, 0.2) is 5.15 Å². The monoisotopic (exact) mass is 440 g/mol. The van der Waals surface area contributed by atoms with Crippen LogP contribution in [-0.2, 0) is 6.54 Å². The standard InChI is InChI=1S/C13H9BrCl2F2N4O2/c14-7-2-5(15)1-6(12(19)23)11(7)20-13(24)8-3-9(16)21-22(8)4-10(17)18/h1-3,10H,4H2,(H2,19,23)(H,20,24). The Balaban J connectivity index is 2.39. The number of aromatic nitrogens is 2. The van der Waals surface area contributed by atoms with Gasteiger partial charge in [-0.05, 0) is 28.1 Å². The topological polar surface area (TPSA) is 90.0 Å². The zero-order valence-corrected chi connectivity index (χ0v) is 14.8. The Hall–Kier alpha value is -1.71. The molecular weight excluding hydrogens is 433 g/mol. The third-order valence-corrected chi connectivity index (χ3v) is 3.88. The van der Waals surface area contributed by atoms with Gasteiger partial charge in [0.1, 0.15) is 12.2 Å². The minimum Gasteiger partial charge on any atom is -0.366 e. The van der Waals surface area contributed by atoms with E-state index in [2.05, 4.69) is 26.3 Å². The molecule has 2 rings (SSSR count). The first kappa shape index (κ1) is 18.6. The molecule has 0 aliphatic carbocycles. The fraction of sp³-hybridized carbons (Fsp3) is 0.154. The maximum Gasteiger partial charge on any atom is 0.274 e. The molecule has 0 radical (unpaired) electrons. The number of carbonyl (C=O) groups is 2. The molecule has 0 aliphatic heterocycles. The molecule has 2 aromatic rings. The van der Waals surface area contributed by atoms with Crippen LogP contribution in [0.3, 0.4) is 0 Å². The minimum absolute atomic E-state index is 0.0475. The van der Waals surface area contributed by atoms with E-state index in [0.29, 0.717) is 4.47 Å². The SMILES string of the molecule is NC(=O)c1cc(Cl)cc(Br)c1NC(=O)c1cc(Cl)nn1CC(F)F. The van der Waals surface area contributed by atoms with Crippen molar-refractivity contribution in [3.8, 4) is 0 Å². The van der Waals surface area contributed by atoms with Crippen LogP contribution in [-0.4, -0.2) is 28.0 Å². The van der Waals surface area contributed by atoms with Crippen LogP contribution in [0.2, 0.25) is 10.2 Å². The molecule has 11 heteroatoms. The summed E-state index contributed by atoms with van der Waals surface area (Å²) in [7, 11) is 0. The highest BCUT2D eigenvalue weighted by Gasteiger charge is 2.21. The van der Waals surface area contributed by atoms with Gasteiger partial charge in [-0.25, -0.2) is 8.78 Å². The van der Waals surface area contributed by atoms with Crippen molar-refractivity contribution >= 4 is 56.6 Å². The Morgan fingerprint density at radius 1 is 1.33 bits per heavy atom. The van der Waals surface area contributed by atoms with Gasteiger partial charge in [0.25, 0.3) is 18.2 Å². The van der Waals surface area contributed by atoms with Crippen LogP contribution in [0.15, 0.2) is 22.7 Å². The van der Waals surface area contributed by atoms with Gasteiger partial charge in [-0.1, -0.05) is 23.2 Å². The number of primary amides is 1. The van der Waals surface area contributed by atoms with Crippen LogP contribution in [0, 0.1) is 0 Å². The number of benzene rings is 1. The van der Waals surface area contributed by atoms with Crippen molar-refractivity contribution in [2.24, 2.45) is 5.73 Å². The number of rotatable bonds is 5. The molecule has 1 aromatic carbocycles. The van der Waals surface area contributed by atoms with E-state index in [9.17, 15) is 18.4 Å². The molecule has 0 bridgehead atoms. The van der Waals surface area contributed by atoms with E-state index in [0.717, 1.165) is 10.7 Å². The number of hydrogen-bond acceptors (Lipinski definition) is 3. The Kier molecular flexibility index (Phi) is 5.79. The summed E-state index contributed by atoms with van der Waals surface area (Å²) in [5, 5.41) is 6.15. The molecule has 0 fully saturated rings. The number of nitrogens with two attached hydrogens (primary N) is 1. The normalized spacial score (nSPS) is 10.9. The first-order chi connectivity index (χ1) is 11.2. The predicted octanol–water partition coefficient (Wildman–Crippen LogP) is 3.57. The summed E-state index contributed by atoms with van der Waals surface area (Å²) in [4.78, 5) is 23.9. The van der Waals surface area contributed by atoms with Crippen LogP contribution < -0.4 is 11.1 Å². The zero-order valence-electron chi connectivity index (χ0n) is 11.7. The summed E-state index contributed by atoms with van der Waals surface area (Å²) < 4.78 is 26.2. The van der Waals surface area contributed by atoms with Gasteiger partial charge in [0.05, 0.1) is 11.3 Å². The molecular formula is C13H9BrCl2F2N4O2. The summed E-state index contributed by atoms with van der Waals surface area (Å²) in [6.07, 6.45) is -2.73. The maximum absolute atomic E-state index is 12.6. The molecule has 0 saturated carbocycles. The lowest BCUT2D eigenvalue weighted by atomic mass is 10.1. The van der Waals surface area contributed by atoms with Gasteiger partial charge < -0.3 is 11.1 Å². The minimum atomic E-state index is -2.73. The molecule has 0 atom stereocenters. The highest BCUT2D eigenvalue weighted by molar-refractivity contribution is 9.10. The van der Waals surface area contributed by atoms with E-state index >= 15 is 0 Å². The fourth-order valence-corrected chi connectivity index (χ4v) is 3.01. The largest absolute Gasteiger partial charge is 0.366 e. The molecule has 3 N–H and O–H groups in total. The summed E-state index contributed by atoms with van der Waals surface area (Å²) in [6.45, 7) is -0.806. The lowest BCUT2D eigenvalue weighted by molar-refractivity contribution is 0.0988. The second kappa shape index (κ2) is 7.45. The summed E-state index contributed by atoms with van der Waals surface area (Å²) in [6, 6.07) is 3.84.